The lowest BCUT2D eigenvalue weighted by atomic mass is 10.1. The van der Waals surface area contributed by atoms with Crippen LogP contribution in [0.4, 0.5) is 0 Å². The van der Waals surface area contributed by atoms with Crippen LogP contribution in [0.15, 0.2) is 30.3 Å². The monoisotopic (exact) mass is 329 g/mol. The average molecular weight is 329 g/mol. The fourth-order valence-electron chi connectivity index (χ4n) is 3.10. The van der Waals surface area contributed by atoms with E-state index >= 15 is 0 Å². The molecule has 3 rings (SSSR count). The van der Waals surface area contributed by atoms with Crippen LogP contribution >= 0.6 is 11.3 Å². The van der Waals surface area contributed by atoms with Crippen molar-refractivity contribution in [3.63, 3.8) is 0 Å². The quantitative estimate of drug-likeness (QED) is 0.861. The maximum absolute atomic E-state index is 12.8. The standard InChI is InChI=1S/C18H23N3OS/c1-13-9-10-17(23-13)18(22)21-11-5-8-16(21)15-7-4-6-14(19-15)12-20(2)3/h4,6-7,9-10,16H,5,8,11-12H2,1-3H3/t16-/m0/s1. The third-order valence-electron chi connectivity index (χ3n) is 4.11. The molecule has 0 radical (unpaired) electrons. The highest BCUT2D eigenvalue weighted by Crippen LogP contribution is 2.33. The van der Waals surface area contributed by atoms with Crippen LogP contribution < -0.4 is 0 Å². The normalized spacial score (nSPS) is 17.9. The van der Waals surface area contributed by atoms with E-state index in [1.165, 1.54) is 4.88 Å². The minimum absolute atomic E-state index is 0.104. The summed E-state index contributed by atoms with van der Waals surface area (Å²) in [5, 5.41) is 0. The first-order chi connectivity index (χ1) is 11.0. The number of aromatic nitrogens is 1. The molecule has 1 aliphatic rings. The van der Waals surface area contributed by atoms with Crippen molar-refractivity contribution in [2.75, 3.05) is 20.6 Å². The van der Waals surface area contributed by atoms with Gasteiger partial charge in [0, 0.05) is 18.0 Å². The Morgan fingerprint density at radius 3 is 2.87 bits per heavy atom. The molecule has 4 nitrogen and oxygen atoms in total. The highest BCUT2D eigenvalue weighted by atomic mass is 32.1. The van der Waals surface area contributed by atoms with Gasteiger partial charge in [-0.1, -0.05) is 6.07 Å². The lowest BCUT2D eigenvalue weighted by Crippen LogP contribution is -2.30. The van der Waals surface area contributed by atoms with Gasteiger partial charge in [-0.15, -0.1) is 11.3 Å². The van der Waals surface area contributed by atoms with Gasteiger partial charge in [-0.25, -0.2) is 0 Å². The molecule has 0 aromatic carbocycles. The van der Waals surface area contributed by atoms with Gasteiger partial charge in [0.25, 0.3) is 5.91 Å². The first-order valence-electron chi connectivity index (χ1n) is 8.02. The van der Waals surface area contributed by atoms with E-state index in [2.05, 4.69) is 17.0 Å². The van der Waals surface area contributed by atoms with Gasteiger partial charge in [0.15, 0.2) is 0 Å². The van der Waals surface area contributed by atoms with E-state index < -0.39 is 0 Å². The van der Waals surface area contributed by atoms with Gasteiger partial charge in [-0.3, -0.25) is 9.78 Å². The molecule has 1 atom stereocenters. The molecule has 0 saturated carbocycles. The van der Waals surface area contributed by atoms with E-state index in [0.29, 0.717) is 0 Å². The zero-order valence-electron chi connectivity index (χ0n) is 14.0. The van der Waals surface area contributed by atoms with Gasteiger partial charge in [0.2, 0.25) is 0 Å². The molecule has 2 aromatic rings. The molecule has 3 heterocycles. The maximum Gasteiger partial charge on any atom is 0.264 e. The Bertz CT molecular complexity index is 695. The summed E-state index contributed by atoms with van der Waals surface area (Å²) in [6.45, 7) is 3.67. The van der Waals surface area contributed by atoms with Crippen LogP contribution in [0.2, 0.25) is 0 Å². The molecule has 0 spiro atoms. The summed E-state index contributed by atoms with van der Waals surface area (Å²) in [6.07, 6.45) is 2.04. The van der Waals surface area contributed by atoms with Crippen LogP contribution in [0.5, 0.6) is 0 Å². The number of nitrogens with zero attached hydrogens (tertiary/aromatic N) is 3. The molecule has 23 heavy (non-hydrogen) atoms. The Labute approximate surface area is 141 Å². The first-order valence-corrected chi connectivity index (χ1v) is 8.84. The topological polar surface area (TPSA) is 36.4 Å². The number of pyridine rings is 1. The van der Waals surface area contributed by atoms with Crippen molar-refractivity contribution >= 4 is 17.2 Å². The molecular weight excluding hydrogens is 306 g/mol. The summed E-state index contributed by atoms with van der Waals surface area (Å²) in [7, 11) is 4.08. The van der Waals surface area contributed by atoms with E-state index in [1.807, 2.05) is 44.1 Å². The SMILES string of the molecule is Cc1ccc(C(=O)N2CCC[C@H]2c2cccc(CN(C)C)n2)s1. The number of likely N-dealkylation sites (tertiary alicyclic amines) is 1. The molecule has 1 amide bonds. The second-order valence-electron chi connectivity index (χ2n) is 6.36. The molecule has 0 N–H and O–H groups in total. The van der Waals surface area contributed by atoms with Crippen LogP contribution in [-0.2, 0) is 6.54 Å². The molecular formula is C18H23N3OS. The summed E-state index contributed by atoms with van der Waals surface area (Å²) in [6, 6.07) is 10.2. The third-order valence-corrected chi connectivity index (χ3v) is 5.10. The molecule has 122 valence electrons. The van der Waals surface area contributed by atoms with Gasteiger partial charge in [-0.2, -0.15) is 0 Å². The number of rotatable bonds is 4. The van der Waals surface area contributed by atoms with Gasteiger partial charge < -0.3 is 9.80 Å². The number of carbonyl (C=O) groups is 1. The highest BCUT2D eigenvalue weighted by Gasteiger charge is 2.32. The second kappa shape index (κ2) is 6.81. The van der Waals surface area contributed by atoms with Crippen molar-refractivity contribution in [1.82, 2.24) is 14.8 Å². The number of hydrogen-bond acceptors (Lipinski definition) is 4. The maximum atomic E-state index is 12.8. The van der Waals surface area contributed by atoms with Crippen LogP contribution in [0.1, 0.15) is 44.8 Å². The number of carbonyl (C=O) groups excluding carboxylic acids is 1. The van der Waals surface area contributed by atoms with Gasteiger partial charge in [-0.05, 0) is 58.1 Å². The Balaban J connectivity index is 1.82. The number of thiophene rings is 1. The van der Waals surface area contributed by atoms with Crippen LogP contribution in [0, 0.1) is 6.92 Å². The lowest BCUT2D eigenvalue weighted by Gasteiger charge is -2.24. The van der Waals surface area contributed by atoms with Crippen LogP contribution in [0.25, 0.3) is 0 Å². The van der Waals surface area contributed by atoms with Crippen molar-refractivity contribution in [2.24, 2.45) is 0 Å². The van der Waals surface area contributed by atoms with E-state index in [1.54, 1.807) is 11.3 Å². The Morgan fingerprint density at radius 1 is 1.35 bits per heavy atom. The van der Waals surface area contributed by atoms with Crippen molar-refractivity contribution in [3.8, 4) is 0 Å². The largest absolute Gasteiger partial charge is 0.329 e. The van der Waals surface area contributed by atoms with Crippen molar-refractivity contribution in [2.45, 2.75) is 32.4 Å². The molecule has 0 aliphatic carbocycles. The summed E-state index contributed by atoms with van der Waals surface area (Å²) < 4.78 is 0. The predicted octanol–water partition coefficient (Wildman–Crippen LogP) is 3.49. The fourth-order valence-corrected chi connectivity index (χ4v) is 3.93. The molecule has 1 saturated heterocycles. The van der Waals surface area contributed by atoms with Crippen molar-refractivity contribution in [3.05, 3.63) is 51.5 Å². The van der Waals surface area contributed by atoms with E-state index in [4.69, 9.17) is 4.98 Å². The predicted molar refractivity (Wildman–Crippen MR) is 93.7 cm³/mol. The zero-order valence-corrected chi connectivity index (χ0v) is 14.8. The van der Waals surface area contributed by atoms with E-state index in [9.17, 15) is 4.79 Å². The lowest BCUT2D eigenvalue weighted by molar-refractivity contribution is 0.0737. The number of hydrogen-bond donors (Lipinski definition) is 0. The van der Waals surface area contributed by atoms with Crippen LogP contribution in [0.3, 0.4) is 0 Å². The molecule has 0 unspecified atom stereocenters. The van der Waals surface area contributed by atoms with Gasteiger partial charge in [0.1, 0.15) is 0 Å². The van der Waals surface area contributed by atoms with Gasteiger partial charge in [0.05, 0.1) is 22.3 Å². The first kappa shape index (κ1) is 16.1. The number of amides is 1. The Morgan fingerprint density at radius 2 is 2.17 bits per heavy atom. The molecule has 2 aromatic heterocycles. The summed E-state index contributed by atoms with van der Waals surface area (Å²) in [4.78, 5) is 23.7. The van der Waals surface area contributed by atoms with E-state index in [0.717, 1.165) is 42.2 Å². The minimum atomic E-state index is 0.104. The molecule has 1 aliphatic heterocycles. The van der Waals surface area contributed by atoms with E-state index in [-0.39, 0.29) is 11.9 Å². The smallest absolute Gasteiger partial charge is 0.264 e. The highest BCUT2D eigenvalue weighted by molar-refractivity contribution is 7.13. The zero-order chi connectivity index (χ0) is 16.4. The second-order valence-corrected chi connectivity index (χ2v) is 7.65. The molecule has 1 fully saturated rings. The third kappa shape index (κ3) is 3.62. The van der Waals surface area contributed by atoms with Crippen LogP contribution in [-0.4, -0.2) is 41.3 Å². The number of aryl methyl sites for hydroxylation is 1. The Hall–Kier alpha value is -1.72. The summed E-state index contributed by atoms with van der Waals surface area (Å²) in [5.74, 6) is 0.144. The minimum Gasteiger partial charge on any atom is -0.329 e. The van der Waals surface area contributed by atoms with Crippen molar-refractivity contribution in [1.29, 1.82) is 0 Å². The fraction of sp³-hybridized carbons (Fsp3) is 0.444. The Kier molecular flexibility index (Phi) is 4.78. The van der Waals surface area contributed by atoms with Gasteiger partial charge >= 0.3 is 0 Å². The molecule has 5 heteroatoms. The molecule has 0 bridgehead atoms. The average Bonchev–Trinajstić information content (AvgIpc) is 3.15. The summed E-state index contributed by atoms with van der Waals surface area (Å²) >= 11 is 1.57. The van der Waals surface area contributed by atoms with Crippen molar-refractivity contribution < 1.29 is 4.79 Å². The summed E-state index contributed by atoms with van der Waals surface area (Å²) in [5.41, 5.74) is 2.07.